The van der Waals surface area contributed by atoms with E-state index >= 15 is 0 Å². The van der Waals surface area contributed by atoms with Gasteiger partial charge in [-0.05, 0) is 12.2 Å². The first-order valence-corrected chi connectivity index (χ1v) is 12.5. The molecule has 1 fully saturated rings. The Labute approximate surface area is 175 Å². The Hall–Kier alpha value is 0.120. The SMILES string of the molecule is CCCCCCCCCCCCCCCCS[C@H]1O[C@H](CO)[C@@H](O)[C@H](O)[C@H]1F. The third-order valence-electron chi connectivity index (χ3n) is 5.59. The Morgan fingerprint density at radius 1 is 0.750 bits per heavy atom. The van der Waals surface area contributed by atoms with Crippen LogP contribution in [0.2, 0.25) is 0 Å². The molecule has 28 heavy (non-hydrogen) atoms. The number of rotatable bonds is 17. The minimum absolute atomic E-state index is 0.416. The lowest BCUT2D eigenvalue weighted by atomic mass is 10.0. The fraction of sp³-hybridized carbons (Fsp3) is 1.00. The Morgan fingerprint density at radius 2 is 1.21 bits per heavy atom. The van der Waals surface area contributed by atoms with E-state index in [4.69, 9.17) is 9.84 Å². The Bertz CT molecular complexity index is 359. The van der Waals surface area contributed by atoms with E-state index in [1.807, 2.05) is 0 Å². The lowest BCUT2D eigenvalue weighted by molar-refractivity contribution is -0.188. The van der Waals surface area contributed by atoms with E-state index in [-0.39, 0.29) is 0 Å². The zero-order valence-electron chi connectivity index (χ0n) is 17.7. The molecule has 4 nitrogen and oxygen atoms in total. The van der Waals surface area contributed by atoms with Crippen molar-refractivity contribution in [2.75, 3.05) is 12.4 Å². The molecular weight excluding hydrogens is 379 g/mol. The molecule has 0 aromatic rings. The fourth-order valence-corrected chi connectivity index (χ4v) is 4.84. The minimum Gasteiger partial charge on any atom is -0.394 e. The van der Waals surface area contributed by atoms with E-state index < -0.39 is 36.5 Å². The van der Waals surface area contributed by atoms with Crippen molar-refractivity contribution in [2.24, 2.45) is 0 Å². The first-order chi connectivity index (χ1) is 13.6. The second kappa shape index (κ2) is 16.9. The molecular formula is C22H43FO4S. The van der Waals surface area contributed by atoms with Gasteiger partial charge in [0.1, 0.15) is 23.7 Å². The van der Waals surface area contributed by atoms with Gasteiger partial charge in [-0.2, -0.15) is 0 Å². The summed E-state index contributed by atoms with van der Waals surface area (Å²) < 4.78 is 19.4. The highest BCUT2D eigenvalue weighted by Crippen LogP contribution is 2.31. The van der Waals surface area contributed by atoms with Crippen LogP contribution in [0.5, 0.6) is 0 Å². The number of unbranched alkanes of at least 4 members (excludes halogenated alkanes) is 13. The molecule has 1 heterocycles. The van der Waals surface area contributed by atoms with Crippen molar-refractivity contribution in [3.63, 3.8) is 0 Å². The third kappa shape index (κ3) is 10.8. The lowest BCUT2D eigenvalue weighted by Gasteiger charge is -2.38. The predicted octanol–water partition coefficient (Wildman–Crippen LogP) is 4.98. The number of aliphatic hydroxyl groups is 3. The number of hydrogen-bond acceptors (Lipinski definition) is 5. The fourth-order valence-electron chi connectivity index (χ4n) is 3.68. The molecule has 0 unspecified atom stereocenters. The van der Waals surface area contributed by atoms with Crippen LogP contribution in [0.1, 0.15) is 96.8 Å². The largest absolute Gasteiger partial charge is 0.394 e. The molecule has 0 radical (unpaired) electrons. The summed E-state index contributed by atoms with van der Waals surface area (Å²) in [5.41, 5.74) is -0.808. The standard InChI is InChI=1S/C22H43FO4S/c1-2-3-4-5-6-7-8-9-10-11-12-13-14-15-16-28-22-19(23)21(26)20(25)18(17-24)27-22/h18-22,24-26H,2-17H2,1H3/t18-,19-,20-,21-,22-/m1/s1. The Balaban J connectivity index is 1.90. The summed E-state index contributed by atoms with van der Waals surface area (Å²) >= 11 is 1.34. The van der Waals surface area contributed by atoms with E-state index in [0.29, 0.717) is 0 Å². The molecule has 0 bridgehead atoms. The van der Waals surface area contributed by atoms with Gasteiger partial charge >= 0.3 is 0 Å². The molecule has 1 aliphatic heterocycles. The molecule has 0 aromatic carbocycles. The van der Waals surface area contributed by atoms with Crippen molar-refractivity contribution >= 4 is 11.8 Å². The summed E-state index contributed by atoms with van der Waals surface area (Å²) in [4.78, 5) is 0. The number of halogens is 1. The summed E-state index contributed by atoms with van der Waals surface area (Å²) in [5, 5.41) is 28.5. The molecule has 5 atom stereocenters. The molecule has 168 valence electrons. The number of thioether (sulfide) groups is 1. The lowest BCUT2D eigenvalue weighted by Crippen LogP contribution is -2.56. The third-order valence-corrected chi connectivity index (χ3v) is 6.81. The summed E-state index contributed by atoms with van der Waals surface area (Å²) in [6.07, 6.45) is 12.9. The Kier molecular flexibility index (Phi) is 15.8. The highest BCUT2D eigenvalue weighted by atomic mass is 32.2. The maximum Gasteiger partial charge on any atom is 0.164 e. The number of ether oxygens (including phenoxy) is 1. The molecule has 1 aliphatic rings. The zero-order chi connectivity index (χ0) is 20.6. The van der Waals surface area contributed by atoms with Gasteiger partial charge in [0.05, 0.1) is 6.61 Å². The van der Waals surface area contributed by atoms with E-state index in [0.717, 1.165) is 18.6 Å². The van der Waals surface area contributed by atoms with Crippen LogP contribution < -0.4 is 0 Å². The minimum atomic E-state index is -1.62. The van der Waals surface area contributed by atoms with E-state index in [2.05, 4.69) is 6.92 Å². The van der Waals surface area contributed by atoms with E-state index in [1.165, 1.54) is 88.8 Å². The number of alkyl halides is 1. The first kappa shape index (κ1) is 26.2. The average molecular weight is 423 g/mol. The second-order valence-corrected chi connectivity index (χ2v) is 9.32. The normalized spacial score (nSPS) is 28.0. The second-order valence-electron chi connectivity index (χ2n) is 8.12. The summed E-state index contributed by atoms with van der Waals surface area (Å²) in [6.45, 7) is 1.84. The molecule has 0 spiro atoms. The van der Waals surface area contributed by atoms with Gasteiger partial charge < -0.3 is 20.1 Å². The van der Waals surface area contributed by atoms with Crippen molar-refractivity contribution < 1.29 is 24.4 Å². The molecule has 3 N–H and O–H groups in total. The van der Waals surface area contributed by atoms with Crippen LogP contribution in [-0.2, 0) is 4.74 Å². The zero-order valence-corrected chi connectivity index (χ0v) is 18.6. The molecule has 0 amide bonds. The summed E-state index contributed by atoms with van der Waals surface area (Å²) in [7, 11) is 0. The maximum atomic E-state index is 14.0. The number of aliphatic hydroxyl groups excluding tert-OH is 3. The van der Waals surface area contributed by atoms with E-state index in [1.54, 1.807) is 0 Å². The monoisotopic (exact) mass is 422 g/mol. The highest BCUT2D eigenvalue weighted by Gasteiger charge is 2.44. The van der Waals surface area contributed by atoms with Gasteiger partial charge in [-0.15, -0.1) is 11.8 Å². The van der Waals surface area contributed by atoms with Crippen LogP contribution in [0.3, 0.4) is 0 Å². The Morgan fingerprint density at radius 3 is 1.68 bits per heavy atom. The van der Waals surface area contributed by atoms with Gasteiger partial charge in [0.2, 0.25) is 0 Å². The molecule has 1 saturated heterocycles. The molecule has 0 aromatic heterocycles. The van der Waals surface area contributed by atoms with Crippen LogP contribution in [0, 0.1) is 0 Å². The topological polar surface area (TPSA) is 69.9 Å². The smallest absolute Gasteiger partial charge is 0.164 e. The van der Waals surface area contributed by atoms with Gasteiger partial charge in [-0.25, -0.2) is 4.39 Å². The molecule has 0 saturated carbocycles. The van der Waals surface area contributed by atoms with Crippen LogP contribution in [0.4, 0.5) is 4.39 Å². The van der Waals surface area contributed by atoms with E-state index in [9.17, 15) is 14.6 Å². The molecule has 0 aliphatic carbocycles. The van der Waals surface area contributed by atoms with Crippen LogP contribution in [0.25, 0.3) is 0 Å². The first-order valence-electron chi connectivity index (χ1n) is 11.5. The van der Waals surface area contributed by atoms with Crippen LogP contribution in [-0.4, -0.2) is 57.6 Å². The average Bonchev–Trinajstić information content (AvgIpc) is 2.70. The summed E-state index contributed by atoms with van der Waals surface area (Å²) in [6, 6.07) is 0. The van der Waals surface area contributed by atoms with Gasteiger partial charge in [-0.3, -0.25) is 0 Å². The van der Waals surface area contributed by atoms with Crippen molar-refractivity contribution in [2.45, 2.75) is 127 Å². The quantitative estimate of drug-likeness (QED) is 0.289. The van der Waals surface area contributed by atoms with Gasteiger partial charge in [-0.1, -0.05) is 90.4 Å². The van der Waals surface area contributed by atoms with Crippen molar-refractivity contribution in [1.29, 1.82) is 0 Å². The number of hydrogen-bond donors (Lipinski definition) is 3. The van der Waals surface area contributed by atoms with Crippen molar-refractivity contribution in [3.8, 4) is 0 Å². The maximum absolute atomic E-state index is 14.0. The van der Waals surface area contributed by atoms with Crippen molar-refractivity contribution in [1.82, 2.24) is 0 Å². The van der Waals surface area contributed by atoms with Gasteiger partial charge in [0, 0.05) is 0 Å². The molecule has 1 rings (SSSR count). The van der Waals surface area contributed by atoms with Crippen LogP contribution in [0.15, 0.2) is 0 Å². The van der Waals surface area contributed by atoms with Crippen LogP contribution >= 0.6 is 11.8 Å². The highest BCUT2D eigenvalue weighted by molar-refractivity contribution is 7.99. The predicted molar refractivity (Wildman–Crippen MR) is 115 cm³/mol. The van der Waals surface area contributed by atoms with Gasteiger partial charge in [0.25, 0.3) is 0 Å². The van der Waals surface area contributed by atoms with Crippen molar-refractivity contribution in [3.05, 3.63) is 0 Å². The molecule has 6 heteroatoms. The van der Waals surface area contributed by atoms with Gasteiger partial charge in [0.15, 0.2) is 6.17 Å². The summed E-state index contributed by atoms with van der Waals surface area (Å²) in [5.74, 6) is 0.768.